The zero-order valence-electron chi connectivity index (χ0n) is 10.2. The van der Waals surface area contributed by atoms with Crippen LogP contribution in [0.25, 0.3) is 0 Å². The zero-order chi connectivity index (χ0) is 12.1. The maximum atomic E-state index is 10.5. The molecule has 1 aliphatic carbocycles. The summed E-state index contributed by atoms with van der Waals surface area (Å²) in [5.74, 6) is 0. The molecule has 1 saturated carbocycles. The minimum atomic E-state index is -0.497. The highest BCUT2D eigenvalue weighted by Crippen LogP contribution is 2.26. The van der Waals surface area contributed by atoms with Crippen LogP contribution in [-0.2, 0) is 6.54 Å². The molecule has 0 aliphatic heterocycles. The average Bonchev–Trinajstić information content (AvgIpc) is 2.58. The molecule has 1 heterocycles. The van der Waals surface area contributed by atoms with Gasteiger partial charge in [-0.05, 0) is 24.3 Å². The van der Waals surface area contributed by atoms with Crippen molar-refractivity contribution in [1.29, 1.82) is 0 Å². The first-order chi connectivity index (χ1) is 8.20. The fourth-order valence-electron chi connectivity index (χ4n) is 2.47. The lowest BCUT2D eigenvalue weighted by Gasteiger charge is -2.26. The fraction of sp³-hybridized carbons (Fsp3) is 0.692. The Morgan fingerprint density at radius 3 is 2.59 bits per heavy atom. The summed E-state index contributed by atoms with van der Waals surface area (Å²) in [5.41, 5.74) is 6.18. The molecule has 0 atom stereocenters. The fourth-order valence-corrected chi connectivity index (χ4v) is 3.23. The first-order valence-electron chi connectivity index (χ1n) is 6.45. The number of nitrogens with one attached hydrogen (secondary N) is 1. The molecule has 1 aromatic heterocycles. The second-order valence-electron chi connectivity index (χ2n) is 5.04. The molecule has 1 aliphatic rings. The van der Waals surface area contributed by atoms with Gasteiger partial charge in [-0.25, -0.2) is 0 Å². The van der Waals surface area contributed by atoms with Gasteiger partial charge in [0.15, 0.2) is 0 Å². The van der Waals surface area contributed by atoms with Crippen molar-refractivity contribution in [3.8, 4) is 0 Å². The summed E-state index contributed by atoms with van der Waals surface area (Å²) in [5, 5.41) is 15.8. The number of nitrogen functional groups attached to an aromatic ring is 1. The van der Waals surface area contributed by atoms with Gasteiger partial charge in [0.25, 0.3) is 0 Å². The largest absolute Gasteiger partial charge is 0.398 e. The molecule has 96 valence electrons. The van der Waals surface area contributed by atoms with Gasteiger partial charge in [-0.1, -0.05) is 25.7 Å². The van der Waals surface area contributed by atoms with E-state index in [4.69, 9.17) is 5.73 Å². The van der Waals surface area contributed by atoms with Crippen LogP contribution < -0.4 is 11.1 Å². The lowest BCUT2D eigenvalue weighted by atomic mass is 9.94. The molecule has 0 bridgehead atoms. The summed E-state index contributed by atoms with van der Waals surface area (Å²) in [6, 6.07) is 1.93. The Morgan fingerprint density at radius 2 is 2.00 bits per heavy atom. The van der Waals surface area contributed by atoms with E-state index in [9.17, 15) is 5.11 Å². The number of hydrogen-bond acceptors (Lipinski definition) is 4. The molecule has 3 nitrogen and oxygen atoms in total. The molecular formula is C13H22N2OS. The monoisotopic (exact) mass is 254 g/mol. The van der Waals surface area contributed by atoms with Crippen LogP contribution in [0.5, 0.6) is 0 Å². The van der Waals surface area contributed by atoms with Crippen molar-refractivity contribution in [2.75, 3.05) is 12.3 Å². The van der Waals surface area contributed by atoms with Gasteiger partial charge in [-0.2, -0.15) is 0 Å². The third-order valence-electron chi connectivity index (χ3n) is 3.55. The van der Waals surface area contributed by atoms with Crippen LogP contribution in [0.2, 0.25) is 0 Å². The molecule has 1 fully saturated rings. The normalized spacial score (nSPS) is 20.1. The standard InChI is InChI=1S/C13H22N2OS/c14-11-5-8-17-12(11)9-15-10-13(16)6-3-1-2-4-7-13/h5,8,15-16H,1-4,6-7,9-10,14H2. The molecule has 0 unspecified atom stereocenters. The van der Waals surface area contributed by atoms with Crippen LogP contribution in [0.15, 0.2) is 11.4 Å². The Bertz CT molecular complexity index is 343. The summed E-state index contributed by atoms with van der Waals surface area (Å²) in [6.45, 7) is 1.45. The van der Waals surface area contributed by atoms with Crippen molar-refractivity contribution >= 4 is 17.0 Å². The predicted octanol–water partition coefficient (Wildman–Crippen LogP) is 2.51. The third kappa shape index (κ3) is 3.69. The SMILES string of the molecule is Nc1ccsc1CNCC1(O)CCCCCC1. The van der Waals surface area contributed by atoms with Gasteiger partial charge in [0.05, 0.1) is 5.60 Å². The van der Waals surface area contributed by atoms with E-state index < -0.39 is 5.60 Å². The van der Waals surface area contributed by atoms with Gasteiger partial charge in [-0.15, -0.1) is 11.3 Å². The third-order valence-corrected chi connectivity index (χ3v) is 4.49. The van der Waals surface area contributed by atoms with E-state index >= 15 is 0 Å². The summed E-state index contributed by atoms with van der Waals surface area (Å²) < 4.78 is 0. The molecule has 0 radical (unpaired) electrons. The average molecular weight is 254 g/mol. The van der Waals surface area contributed by atoms with Crippen LogP contribution in [0.1, 0.15) is 43.4 Å². The van der Waals surface area contributed by atoms with E-state index in [1.807, 2.05) is 11.4 Å². The smallest absolute Gasteiger partial charge is 0.0771 e. The van der Waals surface area contributed by atoms with Crippen LogP contribution in [0.4, 0.5) is 5.69 Å². The van der Waals surface area contributed by atoms with Crippen molar-refractivity contribution in [1.82, 2.24) is 5.32 Å². The molecule has 17 heavy (non-hydrogen) atoms. The molecule has 0 amide bonds. The van der Waals surface area contributed by atoms with Crippen molar-refractivity contribution in [3.05, 3.63) is 16.3 Å². The van der Waals surface area contributed by atoms with E-state index in [-0.39, 0.29) is 0 Å². The van der Waals surface area contributed by atoms with Crippen molar-refractivity contribution in [3.63, 3.8) is 0 Å². The lowest BCUT2D eigenvalue weighted by molar-refractivity contribution is 0.0251. The molecule has 4 N–H and O–H groups in total. The highest BCUT2D eigenvalue weighted by Gasteiger charge is 2.27. The Hall–Kier alpha value is -0.580. The molecule has 4 heteroatoms. The van der Waals surface area contributed by atoms with Gasteiger partial charge in [0.2, 0.25) is 0 Å². The van der Waals surface area contributed by atoms with Crippen LogP contribution in [0, 0.1) is 0 Å². The number of rotatable bonds is 4. The predicted molar refractivity (Wildman–Crippen MR) is 73.1 cm³/mol. The highest BCUT2D eigenvalue weighted by molar-refractivity contribution is 7.10. The van der Waals surface area contributed by atoms with Crippen LogP contribution in [0.3, 0.4) is 0 Å². The first-order valence-corrected chi connectivity index (χ1v) is 7.33. The Kier molecular flexibility index (Phi) is 4.42. The topological polar surface area (TPSA) is 58.3 Å². The lowest BCUT2D eigenvalue weighted by Crippen LogP contribution is -2.39. The van der Waals surface area contributed by atoms with Gasteiger partial charge >= 0.3 is 0 Å². The number of anilines is 1. The van der Waals surface area contributed by atoms with E-state index in [1.54, 1.807) is 11.3 Å². The molecule has 1 aromatic rings. The van der Waals surface area contributed by atoms with E-state index in [1.165, 1.54) is 17.7 Å². The molecule has 0 aromatic carbocycles. The first kappa shape index (κ1) is 12.9. The van der Waals surface area contributed by atoms with Crippen molar-refractivity contribution in [2.24, 2.45) is 0 Å². The Balaban J connectivity index is 1.79. The maximum absolute atomic E-state index is 10.5. The molecule has 0 spiro atoms. The second kappa shape index (κ2) is 5.85. The summed E-state index contributed by atoms with van der Waals surface area (Å²) >= 11 is 1.67. The molecule has 0 saturated heterocycles. The minimum absolute atomic E-state index is 0.497. The minimum Gasteiger partial charge on any atom is -0.398 e. The second-order valence-corrected chi connectivity index (χ2v) is 6.04. The summed E-state index contributed by atoms with van der Waals surface area (Å²) in [6.07, 6.45) is 6.69. The van der Waals surface area contributed by atoms with Gasteiger partial charge < -0.3 is 16.2 Å². The Labute approximate surface area is 107 Å². The van der Waals surface area contributed by atoms with Gasteiger partial charge in [-0.3, -0.25) is 0 Å². The number of nitrogens with two attached hydrogens (primary N) is 1. The van der Waals surface area contributed by atoms with E-state index in [0.29, 0.717) is 6.54 Å². The quantitative estimate of drug-likeness (QED) is 0.724. The number of thiophene rings is 1. The molecular weight excluding hydrogens is 232 g/mol. The summed E-state index contributed by atoms with van der Waals surface area (Å²) in [4.78, 5) is 1.17. The van der Waals surface area contributed by atoms with Gasteiger partial charge in [0, 0.05) is 23.7 Å². The zero-order valence-corrected chi connectivity index (χ0v) is 11.1. The van der Waals surface area contributed by atoms with Crippen molar-refractivity contribution in [2.45, 2.75) is 50.7 Å². The van der Waals surface area contributed by atoms with Crippen LogP contribution in [-0.4, -0.2) is 17.3 Å². The van der Waals surface area contributed by atoms with Gasteiger partial charge in [0.1, 0.15) is 0 Å². The maximum Gasteiger partial charge on any atom is 0.0771 e. The van der Waals surface area contributed by atoms with Crippen LogP contribution >= 0.6 is 11.3 Å². The number of aliphatic hydroxyl groups is 1. The van der Waals surface area contributed by atoms with E-state index in [0.717, 1.165) is 37.9 Å². The number of hydrogen-bond donors (Lipinski definition) is 3. The molecule has 2 rings (SSSR count). The highest BCUT2D eigenvalue weighted by atomic mass is 32.1. The van der Waals surface area contributed by atoms with E-state index in [2.05, 4.69) is 5.32 Å². The summed E-state index contributed by atoms with van der Waals surface area (Å²) in [7, 11) is 0. The van der Waals surface area contributed by atoms with Crippen molar-refractivity contribution < 1.29 is 5.11 Å². The Morgan fingerprint density at radius 1 is 1.29 bits per heavy atom.